The Kier molecular flexibility index (Phi) is 2.14. The lowest BCUT2D eigenvalue weighted by Gasteiger charge is -1.98. The zero-order valence-electron chi connectivity index (χ0n) is 7.88. The maximum Gasteiger partial charge on any atom is 0.0847 e. The second-order valence-electron chi connectivity index (χ2n) is 3.06. The molecule has 0 fully saturated rings. The van der Waals surface area contributed by atoms with Gasteiger partial charge in [0.05, 0.1) is 29.8 Å². The first-order chi connectivity index (χ1) is 6.75. The Balaban J connectivity index is 2.19. The smallest absolute Gasteiger partial charge is 0.0847 e. The van der Waals surface area contributed by atoms with Crippen molar-refractivity contribution in [3.8, 4) is 0 Å². The number of nitrogen functional groups attached to an aromatic ring is 1. The molecule has 0 radical (unpaired) electrons. The van der Waals surface area contributed by atoms with Gasteiger partial charge in [-0.3, -0.25) is 14.6 Å². The van der Waals surface area contributed by atoms with Gasteiger partial charge in [-0.1, -0.05) is 0 Å². The molecule has 2 heterocycles. The molecule has 5 nitrogen and oxygen atoms in total. The molecule has 0 saturated heterocycles. The number of nitrogens with two attached hydrogens (primary N) is 1. The number of rotatable bonds is 2. The zero-order chi connectivity index (χ0) is 9.97. The minimum atomic E-state index is 0.603. The van der Waals surface area contributed by atoms with Crippen LogP contribution in [0.15, 0.2) is 24.8 Å². The minimum absolute atomic E-state index is 0.603. The maximum atomic E-state index is 5.67. The van der Waals surface area contributed by atoms with Crippen LogP contribution >= 0.6 is 0 Å². The van der Waals surface area contributed by atoms with Crippen LogP contribution in [0.5, 0.6) is 0 Å². The average molecular weight is 189 g/mol. The molecule has 2 N–H and O–H groups in total. The maximum absolute atomic E-state index is 5.67. The normalized spacial score (nSPS) is 10.4. The number of aromatic nitrogens is 4. The Labute approximate surface area is 81.6 Å². The van der Waals surface area contributed by atoms with Crippen LogP contribution in [0.3, 0.4) is 0 Å². The fourth-order valence-electron chi connectivity index (χ4n) is 1.19. The topological polar surface area (TPSA) is 69.6 Å². The fraction of sp³-hybridized carbons (Fsp3) is 0.222. The van der Waals surface area contributed by atoms with Crippen molar-refractivity contribution in [1.29, 1.82) is 0 Å². The predicted molar refractivity (Wildman–Crippen MR) is 52.5 cm³/mol. The first kappa shape index (κ1) is 8.68. The van der Waals surface area contributed by atoms with Gasteiger partial charge in [0.15, 0.2) is 0 Å². The first-order valence-electron chi connectivity index (χ1n) is 4.30. The highest BCUT2D eigenvalue weighted by atomic mass is 15.3. The van der Waals surface area contributed by atoms with E-state index in [4.69, 9.17) is 5.73 Å². The van der Waals surface area contributed by atoms with Gasteiger partial charge in [0, 0.05) is 18.6 Å². The van der Waals surface area contributed by atoms with Gasteiger partial charge in [0.2, 0.25) is 0 Å². The summed E-state index contributed by atoms with van der Waals surface area (Å²) >= 11 is 0. The van der Waals surface area contributed by atoms with Crippen LogP contribution in [0.4, 0.5) is 5.69 Å². The van der Waals surface area contributed by atoms with E-state index in [1.165, 1.54) is 0 Å². The van der Waals surface area contributed by atoms with E-state index in [9.17, 15) is 0 Å². The zero-order valence-corrected chi connectivity index (χ0v) is 7.88. The molecule has 72 valence electrons. The van der Waals surface area contributed by atoms with Crippen LogP contribution < -0.4 is 5.73 Å². The Morgan fingerprint density at radius 1 is 1.43 bits per heavy atom. The fourth-order valence-corrected chi connectivity index (χ4v) is 1.19. The standard InChI is InChI=1S/C9H11N5/c1-7-9(10)6-14(13-7)5-8-4-11-2-3-12-8/h2-4,6H,5,10H2,1H3. The molecule has 2 aromatic heterocycles. The summed E-state index contributed by atoms with van der Waals surface area (Å²) in [5.41, 5.74) is 8.09. The van der Waals surface area contributed by atoms with Crippen LogP contribution in [0.25, 0.3) is 0 Å². The summed E-state index contributed by atoms with van der Waals surface area (Å²) in [6.07, 6.45) is 6.82. The lowest BCUT2D eigenvalue weighted by Crippen LogP contribution is -2.02. The highest BCUT2D eigenvalue weighted by Gasteiger charge is 2.01. The summed E-state index contributed by atoms with van der Waals surface area (Å²) in [6.45, 7) is 2.48. The highest BCUT2D eigenvalue weighted by Crippen LogP contribution is 2.07. The number of hydrogen-bond donors (Lipinski definition) is 1. The van der Waals surface area contributed by atoms with E-state index in [1.807, 2.05) is 6.92 Å². The monoisotopic (exact) mass is 189 g/mol. The Hall–Kier alpha value is -1.91. The van der Waals surface area contributed by atoms with E-state index in [2.05, 4.69) is 15.1 Å². The largest absolute Gasteiger partial charge is 0.396 e. The van der Waals surface area contributed by atoms with Gasteiger partial charge < -0.3 is 5.73 Å². The molecule has 0 unspecified atom stereocenters. The molecule has 0 atom stereocenters. The molecular formula is C9H11N5. The molecule has 2 aromatic rings. The number of hydrogen-bond acceptors (Lipinski definition) is 4. The van der Waals surface area contributed by atoms with Crippen molar-refractivity contribution >= 4 is 5.69 Å². The van der Waals surface area contributed by atoms with Crippen molar-refractivity contribution < 1.29 is 0 Å². The molecule has 0 aliphatic heterocycles. The van der Waals surface area contributed by atoms with E-state index in [0.29, 0.717) is 12.2 Å². The summed E-state index contributed by atoms with van der Waals surface area (Å²) in [4.78, 5) is 8.12. The van der Waals surface area contributed by atoms with Gasteiger partial charge in [-0.2, -0.15) is 5.10 Å². The Morgan fingerprint density at radius 3 is 2.86 bits per heavy atom. The minimum Gasteiger partial charge on any atom is -0.396 e. The lowest BCUT2D eigenvalue weighted by atomic mass is 10.4. The highest BCUT2D eigenvalue weighted by molar-refractivity contribution is 5.39. The van der Waals surface area contributed by atoms with Crippen molar-refractivity contribution in [3.05, 3.63) is 36.2 Å². The predicted octanol–water partition coefficient (Wildman–Crippen LogP) is 0.612. The molecule has 5 heteroatoms. The molecule has 0 amide bonds. The second kappa shape index (κ2) is 3.45. The summed E-state index contributed by atoms with van der Waals surface area (Å²) in [5.74, 6) is 0. The van der Waals surface area contributed by atoms with Gasteiger partial charge in [-0.15, -0.1) is 0 Å². The molecule has 0 aliphatic rings. The number of nitrogens with zero attached hydrogens (tertiary/aromatic N) is 4. The van der Waals surface area contributed by atoms with Crippen LogP contribution in [0.1, 0.15) is 11.4 Å². The van der Waals surface area contributed by atoms with Gasteiger partial charge in [-0.05, 0) is 6.92 Å². The summed E-state index contributed by atoms with van der Waals surface area (Å²) < 4.78 is 1.76. The Bertz CT molecular complexity index is 401. The SMILES string of the molecule is Cc1nn(Cc2cnccn2)cc1N. The van der Waals surface area contributed by atoms with Crippen molar-refractivity contribution in [2.75, 3.05) is 5.73 Å². The van der Waals surface area contributed by atoms with E-state index in [-0.39, 0.29) is 0 Å². The van der Waals surface area contributed by atoms with Gasteiger partial charge in [0.25, 0.3) is 0 Å². The van der Waals surface area contributed by atoms with Crippen LogP contribution in [0.2, 0.25) is 0 Å². The first-order valence-corrected chi connectivity index (χ1v) is 4.30. The quantitative estimate of drug-likeness (QED) is 0.751. The van der Waals surface area contributed by atoms with Crippen molar-refractivity contribution in [3.63, 3.8) is 0 Å². The average Bonchev–Trinajstić information content (AvgIpc) is 2.47. The Morgan fingerprint density at radius 2 is 2.29 bits per heavy atom. The van der Waals surface area contributed by atoms with Crippen molar-refractivity contribution in [1.82, 2.24) is 19.7 Å². The molecular weight excluding hydrogens is 178 g/mol. The summed E-state index contributed by atoms with van der Waals surface area (Å²) in [6, 6.07) is 0. The van der Waals surface area contributed by atoms with Gasteiger partial charge >= 0.3 is 0 Å². The molecule has 0 aliphatic carbocycles. The third kappa shape index (κ3) is 1.71. The molecule has 0 aromatic carbocycles. The molecule has 0 bridgehead atoms. The van der Waals surface area contributed by atoms with Crippen molar-refractivity contribution in [2.45, 2.75) is 13.5 Å². The van der Waals surface area contributed by atoms with Crippen molar-refractivity contribution in [2.24, 2.45) is 0 Å². The molecule has 2 rings (SSSR count). The van der Waals surface area contributed by atoms with Crippen LogP contribution in [-0.2, 0) is 6.54 Å². The molecule has 0 saturated carbocycles. The van der Waals surface area contributed by atoms with E-state index >= 15 is 0 Å². The van der Waals surface area contributed by atoms with E-state index < -0.39 is 0 Å². The third-order valence-corrected chi connectivity index (χ3v) is 1.92. The summed E-state index contributed by atoms with van der Waals surface area (Å²) in [5, 5.41) is 4.23. The number of aryl methyl sites for hydroxylation is 1. The molecule has 14 heavy (non-hydrogen) atoms. The summed E-state index contributed by atoms with van der Waals surface area (Å²) in [7, 11) is 0. The van der Waals surface area contributed by atoms with Crippen LogP contribution in [-0.4, -0.2) is 19.7 Å². The third-order valence-electron chi connectivity index (χ3n) is 1.92. The second-order valence-corrected chi connectivity index (χ2v) is 3.06. The van der Waals surface area contributed by atoms with Gasteiger partial charge in [0.1, 0.15) is 0 Å². The van der Waals surface area contributed by atoms with E-state index in [1.54, 1.807) is 29.5 Å². The van der Waals surface area contributed by atoms with Crippen LogP contribution in [0, 0.1) is 6.92 Å². The van der Waals surface area contributed by atoms with Gasteiger partial charge in [-0.25, -0.2) is 0 Å². The number of anilines is 1. The van der Waals surface area contributed by atoms with E-state index in [0.717, 1.165) is 11.4 Å². The molecule has 0 spiro atoms. The lowest BCUT2D eigenvalue weighted by molar-refractivity contribution is 0.663.